The van der Waals surface area contributed by atoms with Crippen molar-refractivity contribution in [2.75, 3.05) is 32.7 Å². The van der Waals surface area contributed by atoms with Crippen molar-refractivity contribution in [3.05, 3.63) is 89.2 Å². The molecule has 0 spiro atoms. The number of rotatable bonds is 6. The molecule has 6 heteroatoms. The van der Waals surface area contributed by atoms with Gasteiger partial charge in [-0.25, -0.2) is 4.79 Å². The van der Waals surface area contributed by atoms with Crippen molar-refractivity contribution < 1.29 is 9.59 Å². The summed E-state index contributed by atoms with van der Waals surface area (Å²) in [5.41, 5.74) is 4.94. The molecule has 1 N–H and O–H groups in total. The summed E-state index contributed by atoms with van der Waals surface area (Å²) in [5.74, 6) is 0.127. The van der Waals surface area contributed by atoms with Crippen molar-refractivity contribution in [1.82, 2.24) is 19.7 Å². The van der Waals surface area contributed by atoms with Gasteiger partial charge in [-0.1, -0.05) is 48.5 Å². The number of carbonyl (C=O) groups is 2. The number of benzene rings is 2. The van der Waals surface area contributed by atoms with Crippen molar-refractivity contribution in [2.24, 2.45) is 0 Å². The number of hydrogen-bond donors (Lipinski definition) is 1. The Morgan fingerprint density at radius 2 is 1.50 bits per heavy atom. The second-order valence-corrected chi connectivity index (χ2v) is 8.29. The predicted molar refractivity (Wildman–Crippen MR) is 126 cm³/mol. The van der Waals surface area contributed by atoms with Crippen molar-refractivity contribution in [2.45, 2.75) is 20.4 Å². The van der Waals surface area contributed by atoms with E-state index < -0.39 is 0 Å². The lowest BCUT2D eigenvalue weighted by atomic mass is 10.1. The summed E-state index contributed by atoms with van der Waals surface area (Å²) in [6.45, 7) is 7.57. The molecule has 1 aromatic heterocycles. The summed E-state index contributed by atoms with van der Waals surface area (Å²) in [6.07, 6.45) is 0. The number of aromatic nitrogens is 1. The summed E-state index contributed by atoms with van der Waals surface area (Å²) < 4.78 is 2.13. The van der Waals surface area contributed by atoms with Crippen LogP contribution in [0.2, 0.25) is 0 Å². The highest BCUT2D eigenvalue weighted by Crippen LogP contribution is 2.21. The van der Waals surface area contributed by atoms with Gasteiger partial charge < -0.3 is 14.8 Å². The van der Waals surface area contributed by atoms with Crippen LogP contribution >= 0.6 is 0 Å². The Hall–Kier alpha value is -3.38. The molecule has 2 heterocycles. The average Bonchev–Trinajstić information content (AvgIpc) is 3.13. The third-order valence-electron chi connectivity index (χ3n) is 6.06. The standard InChI is InChI=1S/C26H30N4O2/c1-20-17-24(21(2)30(20)23-11-7-4-8-12-23)25(31)19-28-13-15-29(16-14-28)26(32)27-18-22-9-5-3-6-10-22/h3-12,17H,13-16,18-19H2,1-2H3,(H,27,32). The number of aryl methyl sites for hydroxylation is 1. The lowest BCUT2D eigenvalue weighted by Crippen LogP contribution is -2.52. The van der Waals surface area contributed by atoms with E-state index in [1.54, 1.807) is 0 Å². The molecule has 0 saturated carbocycles. The Morgan fingerprint density at radius 1 is 0.875 bits per heavy atom. The molecule has 1 saturated heterocycles. The summed E-state index contributed by atoms with van der Waals surface area (Å²) >= 11 is 0. The third-order valence-corrected chi connectivity index (χ3v) is 6.06. The largest absolute Gasteiger partial charge is 0.334 e. The molecule has 2 amide bonds. The van der Waals surface area contributed by atoms with Gasteiger partial charge in [-0.15, -0.1) is 0 Å². The quantitative estimate of drug-likeness (QED) is 0.605. The van der Waals surface area contributed by atoms with Gasteiger partial charge >= 0.3 is 6.03 Å². The first-order chi connectivity index (χ1) is 15.5. The van der Waals surface area contributed by atoms with Gasteiger partial charge in [0.15, 0.2) is 5.78 Å². The van der Waals surface area contributed by atoms with E-state index in [2.05, 4.69) is 26.9 Å². The number of amides is 2. The van der Waals surface area contributed by atoms with Gasteiger partial charge in [-0.05, 0) is 37.6 Å². The monoisotopic (exact) mass is 430 g/mol. The molecule has 0 radical (unpaired) electrons. The van der Waals surface area contributed by atoms with Crippen LogP contribution in [0.1, 0.15) is 27.3 Å². The number of nitrogens with one attached hydrogen (secondary N) is 1. The minimum Gasteiger partial charge on any atom is -0.334 e. The van der Waals surface area contributed by atoms with Crippen LogP contribution in [0.15, 0.2) is 66.7 Å². The first-order valence-electron chi connectivity index (χ1n) is 11.1. The van der Waals surface area contributed by atoms with Crippen LogP contribution in [0.3, 0.4) is 0 Å². The number of Topliss-reactive ketones (excluding diaryl/α,β-unsaturated/α-hetero) is 1. The van der Waals surface area contributed by atoms with E-state index in [4.69, 9.17) is 0 Å². The van der Waals surface area contributed by atoms with Crippen LogP contribution in [0.4, 0.5) is 4.79 Å². The fourth-order valence-electron chi connectivity index (χ4n) is 4.30. The van der Waals surface area contributed by atoms with Gasteiger partial charge in [-0.3, -0.25) is 9.69 Å². The number of piperazine rings is 1. The molecule has 4 rings (SSSR count). The smallest absolute Gasteiger partial charge is 0.317 e. The average molecular weight is 431 g/mol. The zero-order valence-electron chi connectivity index (χ0n) is 18.8. The van der Waals surface area contributed by atoms with Crippen LogP contribution in [0.25, 0.3) is 5.69 Å². The van der Waals surface area contributed by atoms with E-state index in [1.807, 2.05) is 73.3 Å². The van der Waals surface area contributed by atoms with Crippen LogP contribution in [-0.2, 0) is 6.54 Å². The van der Waals surface area contributed by atoms with E-state index in [0.717, 1.165) is 28.2 Å². The number of ketones is 1. The van der Waals surface area contributed by atoms with Crippen molar-refractivity contribution in [1.29, 1.82) is 0 Å². The van der Waals surface area contributed by atoms with Gasteiger partial charge in [-0.2, -0.15) is 0 Å². The van der Waals surface area contributed by atoms with Crippen LogP contribution in [0, 0.1) is 13.8 Å². The Morgan fingerprint density at radius 3 is 2.16 bits per heavy atom. The van der Waals surface area contributed by atoms with Gasteiger partial charge in [0.25, 0.3) is 0 Å². The fraction of sp³-hybridized carbons (Fsp3) is 0.308. The predicted octanol–water partition coefficient (Wildman–Crippen LogP) is 3.80. The molecule has 0 atom stereocenters. The molecule has 32 heavy (non-hydrogen) atoms. The van der Waals surface area contributed by atoms with Crippen LogP contribution in [0.5, 0.6) is 0 Å². The molecular weight excluding hydrogens is 400 g/mol. The SMILES string of the molecule is Cc1cc(C(=O)CN2CCN(C(=O)NCc3ccccc3)CC2)c(C)n1-c1ccccc1. The molecule has 2 aromatic carbocycles. The molecule has 1 fully saturated rings. The van der Waals surface area contributed by atoms with E-state index in [1.165, 1.54) is 0 Å². The van der Waals surface area contributed by atoms with Crippen molar-refractivity contribution in [3.63, 3.8) is 0 Å². The second kappa shape index (κ2) is 9.83. The van der Waals surface area contributed by atoms with E-state index in [9.17, 15) is 9.59 Å². The maximum absolute atomic E-state index is 13.1. The zero-order chi connectivity index (χ0) is 22.5. The number of nitrogens with zero attached hydrogens (tertiary/aromatic N) is 3. The molecule has 1 aliphatic rings. The molecule has 166 valence electrons. The molecule has 0 aliphatic carbocycles. The number of hydrogen-bond acceptors (Lipinski definition) is 3. The Kier molecular flexibility index (Phi) is 6.71. The minimum absolute atomic E-state index is 0.0498. The Labute approximate surface area is 189 Å². The highest BCUT2D eigenvalue weighted by atomic mass is 16.2. The topological polar surface area (TPSA) is 57.6 Å². The molecule has 3 aromatic rings. The van der Waals surface area contributed by atoms with E-state index in [0.29, 0.717) is 39.3 Å². The van der Waals surface area contributed by atoms with E-state index in [-0.39, 0.29) is 11.8 Å². The van der Waals surface area contributed by atoms with Crippen molar-refractivity contribution in [3.8, 4) is 5.69 Å². The first kappa shape index (κ1) is 21.8. The number of carbonyl (C=O) groups excluding carboxylic acids is 2. The molecule has 1 aliphatic heterocycles. The molecule has 0 bridgehead atoms. The van der Waals surface area contributed by atoms with Crippen LogP contribution in [-0.4, -0.2) is 58.9 Å². The summed E-state index contributed by atoms with van der Waals surface area (Å²) in [6, 6.07) is 21.9. The second-order valence-electron chi connectivity index (χ2n) is 8.29. The summed E-state index contributed by atoms with van der Waals surface area (Å²) in [7, 11) is 0. The molecule has 6 nitrogen and oxygen atoms in total. The summed E-state index contributed by atoms with van der Waals surface area (Å²) in [4.78, 5) is 29.5. The number of para-hydroxylation sites is 1. The highest BCUT2D eigenvalue weighted by Gasteiger charge is 2.24. The summed E-state index contributed by atoms with van der Waals surface area (Å²) in [5, 5.41) is 2.98. The third kappa shape index (κ3) is 4.92. The van der Waals surface area contributed by atoms with Gasteiger partial charge in [0, 0.05) is 55.4 Å². The highest BCUT2D eigenvalue weighted by molar-refractivity contribution is 5.99. The Balaban J connectivity index is 1.31. The molecule has 0 unspecified atom stereocenters. The van der Waals surface area contributed by atoms with Gasteiger partial charge in [0.05, 0.1) is 6.54 Å². The lowest BCUT2D eigenvalue weighted by molar-refractivity contribution is 0.0877. The maximum atomic E-state index is 13.1. The minimum atomic E-state index is -0.0498. The van der Waals surface area contributed by atoms with Crippen molar-refractivity contribution >= 4 is 11.8 Å². The van der Waals surface area contributed by atoms with Crippen LogP contribution < -0.4 is 5.32 Å². The van der Waals surface area contributed by atoms with Gasteiger partial charge in [0.2, 0.25) is 0 Å². The normalized spacial score (nSPS) is 14.4. The van der Waals surface area contributed by atoms with E-state index >= 15 is 0 Å². The number of urea groups is 1. The molecular formula is C26H30N4O2. The zero-order valence-corrected chi connectivity index (χ0v) is 18.8. The fourth-order valence-corrected chi connectivity index (χ4v) is 4.30. The maximum Gasteiger partial charge on any atom is 0.317 e. The Bertz CT molecular complexity index is 1070. The lowest BCUT2D eigenvalue weighted by Gasteiger charge is -2.34. The van der Waals surface area contributed by atoms with Gasteiger partial charge in [0.1, 0.15) is 0 Å². The first-order valence-corrected chi connectivity index (χ1v) is 11.1.